The van der Waals surface area contributed by atoms with Crippen molar-refractivity contribution in [2.24, 2.45) is 17.6 Å². The van der Waals surface area contributed by atoms with Gasteiger partial charge in [0.05, 0.1) is 19.1 Å². The molecule has 0 spiro atoms. The maximum absolute atomic E-state index is 12.5. The highest BCUT2D eigenvalue weighted by Gasteiger charge is 2.32. The van der Waals surface area contributed by atoms with Crippen LogP contribution >= 0.6 is 0 Å². The molecule has 0 radical (unpaired) electrons. The summed E-state index contributed by atoms with van der Waals surface area (Å²) in [4.78, 5) is 59.0. The molecule has 0 saturated carbocycles. The van der Waals surface area contributed by atoms with Gasteiger partial charge >= 0.3 is 11.9 Å². The monoisotopic (exact) mass is 432 g/mol. The Kier molecular flexibility index (Phi) is 11.6. The van der Waals surface area contributed by atoms with Crippen molar-refractivity contribution in [3.63, 3.8) is 0 Å². The molecule has 0 aromatic rings. The Hall–Kier alpha value is -2.73. The average molecular weight is 432 g/mol. The number of hydrogen-bond acceptors (Lipinski definition) is 7. The lowest BCUT2D eigenvalue weighted by atomic mass is 9.99. The van der Waals surface area contributed by atoms with Crippen LogP contribution in [0.5, 0.6) is 0 Å². The lowest BCUT2D eigenvalue weighted by Gasteiger charge is -2.26. The number of nitrogens with one attached hydrogen (secondary N) is 3. The van der Waals surface area contributed by atoms with Gasteiger partial charge in [-0.1, -0.05) is 34.1 Å². The molecule has 0 fully saturated rings. The number of aliphatic hydroxyl groups excluding tert-OH is 1. The van der Waals surface area contributed by atoms with Crippen LogP contribution in [0.2, 0.25) is 0 Å². The molecule has 5 unspecified atom stereocenters. The molecule has 0 aliphatic carbocycles. The first-order valence-electron chi connectivity index (χ1n) is 9.57. The summed E-state index contributed by atoms with van der Waals surface area (Å²) in [5.74, 6) is -6.06. The molecule has 5 atom stereocenters. The van der Waals surface area contributed by atoms with Gasteiger partial charge < -0.3 is 37.0 Å². The summed E-state index contributed by atoms with van der Waals surface area (Å²) >= 11 is 0. The van der Waals surface area contributed by atoms with Crippen LogP contribution in [0.3, 0.4) is 0 Å². The van der Waals surface area contributed by atoms with Crippen molar-refractivity contribution in [1.29, 1.82) is 0 Å². The fourth-order valence-electron chi connectivity index (χ4n) is 2.40. The highest BCUT2D eigenvalue weighted by atomic mass is 16.4. The van der Waals surface area contributed by atoms with E-state index < -0.39 is 72.8 Å². The minimum atomic E-state index is -1.69. The SMILES string of the molecule is CCC(C)C(N)C(=O)NC(CO)C(=O)NC(C(=O)NC(CC(=O)O)C(=O)O)C(C)C. The van der Waals surface area contributed by atoms with Crippen LogP contribution in [0, 0.1) is 11.8 Å². The van der Waals surface area contributed by atoms with Crippen molar-refractivity contribution < 1.29 is 39.3 Å². The normalized spacial score (nSPS) is 16.0. The predicted octanol–water partition coefficient (Wildman–Crippen LogP) is -1.98. The van der Waals surface area contributed by atoms with Gasteiger partial charge in [0.2, 0.25) is 17.7 Å². The van der Waals surface area contributed by atoms with Crippen molar-refractivity contribution in [1.82, 2.24) is 16.0 Å². The summed E-state index contributed by atoms with van der Waals surface area (Å²) < 4.78 is 0. The summed E-state index contributed by atoms with van der Waals surface area (Å²) in [6.45, 7) is 5.99. The number of carboxylic acid groups (broad SMARTS) is 2. The molecule has 0 bridgehead atoms. The topological polar surface area (TPSA) is 208 Å². The quantitative estimate of drug-likeness (QED) is 0.172. The Bertz CT molecular complexity index is 640. The Morgan fingerprint density at radius 2 is 1.40 bits per heavy atom. The summed E-state index contributed by atoms with van der Waals surface area (Å²) in [5, 5.41) is 34.0. The summed E-state index contributed by atoms with van der Waals surface area (Å²) in [6.07, 6.45) is -0.218. The maximum Gasteiger partial charge on any atom is 0.326 e. The number of carbonyl (C=O) groups excluding carboxylic acids is 3. The average Bonchev–Trinajstić information content (AvgIpc) is 2.66. The lowest BCUT2D eigenvalue weighted by Crippen LogP contribution is -2.59. The molecular formula is C18H32N4O8. The van der Waals surface area contributed by atoms with Gasteiger partial charge in [0, 0.05) is 0 Å². The van der Waals surface area contributed by atoms with Crippen LogP contribution in [-0.2, 0) is 24.0 Å². The summed E-state index contributed by atoms with van der Waals surface area (Å²) in [6, 6.07) is -5.19. The second-order valence-corrected chi connectivity index (χ2v) is 7.38. The first-order chi connectivity index (χ1) is 13.8. The number of amides is 3. The van der Waals surface area contributed by atoms with Gasteiger partial charge in [-0.05, 0) is 11.8 Å². The first kappa shape index (κ1) is 27.3. The van der Waals surface area contributed by atoms with E-state index >= 15 is 0 Å². The molecule has 0 aromatic heterocycles. The zero-order valence-corrected chi connectivity index (χ0v) is 17.5. The Balaban J connectivity index is 5.23. The van der Waals surface area contributed by atoms with E-state index in [1.807, 2.05) is 6.92 Å². The Morgan fingerprint density at radius 3 is 1.80 bits per heavy atom. The highest BCUT2D eigenvalue weighted by Crippen LogP contribution is 2.07. The molecule has 12 heteroatoms. The van der Waals surface area contributed by atoms with Crippen molar-refractivity contribution in [3.05, 3.63) is 0 Å². The van der Waals surface area contributed by atoms with Crippen LogP contribution in [0.1, 0.15) is 40.5 Å². The Labute approximate surface area is 174 Å². The molecule has 0 aromatic carbocycles. The van der Waals surface area contributed by atoms with E-state index in [-0.39, 0.29) is 5.92 Å². The maximum atomic E-state index is 12.5. The standard InChI is InChI=1S/C18H32N4O8/c1-5-9(4)13(19)16(27)21-11(7-23)15(26)22-14(8(2)3)17(28)20-10(18(29)30)6-12(24)25/h8-11,13-14,23H,5-7,19H2,1-4H3,(H,20,28)(H,21,27)(H,22,26)(H,24,25)(H,29,30). The zero-order valence-electron chi connectivity index (χ0n) is 17.5. The first-order valence-corrected chi connectivity index (χ1v) is 9.57. The molecule has 0 aliphatic rings. The van der Waals surface area contributed by atoms with E-state index in [4.69, 9.17) is 15.9 Å². The van der Waals surface area contributed by atoms with Gasteiger partial charge in [0.25, 0.3) is 0 Å². The van der Waals surface area contributed by atoms with Gasteiger partial charge in [-0.25, -0.2) is 4.79 Å². The number of nitrogens with two attached hydrogens (primary N) is 1. The molecule has 3 amide bonds. The number of rotatable bonds is 13. The van der Waals surface area contributed by atoms with Crippen LogP contribution < -0.4 is 21.7 Å². The van der Waals surface area contributed by atoms with Crippen LogP contribution in [0.25, 0.3) is 0 Å². The minimum absolute atomic E-state index is 0.163. The molecule has 0 rings (SSSR count). The van der Waals surface area contributed by atoms with Crippen LogP contribution in [-0.4, -0.2) is 75.8 Å². The number of hydrogen-bond donors (Lipinski definition) is 7. The van der Waals surface area contributed by atoms with Gasteiger partial charge in [0.1, 0.15) is 18.1 Å². The van der Waals surface area contributed by atoms with Crippen molar-refractivity contribution >= 4 is 29.7 Å². The fraction of sp³-hybridized carbons (Fsp3) is 0.722. The lowest BCUT2D eigenvalue weighted by molar-refractivity contribution is -0.147. The van der Waals surface area contributed by atoms with Gasteiger partial charge in [-0.3, -0.25) is 19.2 Å². The van der Waals surface area contributed by atoms with E-state index in [2.05, 4.69) is 16.0 Å². The van der Waals surface area contributed by atoms with Crippen molar-refractivity contribution in [2.45, 2.75) is 64.7 Å². The number of aliphatic hydroxyl groups is 1. The predicted molar refractivity (Wildman–Crippen MR) is 105 cm³/mol. The van der Waals surface area contributed by atoms with Gasteiger partial charge in [-0.2, -0.15) is 0 Å². The second kappa shape index (κ2) is 12.8. The second-order valence-electron chi connectivity index (χ2n) is 7.38. The highest BCUT2D eigenvalue weighted by molar-refractivity contribution is 5.94. The molecular weight excluding hydrogens is 400 g/mol. The molecule has 0 saturated heterocycles. The Morgan fingerprint density at radius 1 is 0.867 bits per heavy atom. The third-order valence-electron chi connectivity index (χ3n) is 4.62. The zero-order chi connectivity index (χ0) is 23.6. The largest absolute Gasteiger partial charge is 0.481 e. The molecule has 0 heterocycles. The molecule has 172 valence electrons. The van der Waals surface area contributed by atoms with E-state index in [1.165, 1.54) is 0 Å². The molecule has 30 heavy (non-hydrogen) atoms. The van der Waals surface area contributed by atoms with E-state index in [0.29, 0.717) is 6.42 Å². The van der Waals surface area contributed by atoms with Crippen LogP contribution in [0.15, 0.2) is 0 Å². The molecule has 8 N–H and O–H groups in total. The van der Waals surface area contributed by atoms with E-state index in [0.717, 1.165) is 0 Å². The van der Waals surface area contributed by atoms with Gasteiger partial charge in [0.15, 0.2) is 0 Å². The summed E-state index contributed by atoms with van der Waals surface area (Å²) in [5.41, 5.74) is 5.80. The third-order valence-corrected chi connectivity index (χ3v) is 4.62. The van der Waals surface area contributed by atoms with Crippen molar-refractivity contribution in [2.75, 3.05) is 6.61 Å². The van der Waals surface area contributed by atoms with Crippen molar-refractivity contribution in [3.8, 4) is 0 Å². The smallest absolute Gasteiger partial charge is 0.326 e. The molecule has 0 aliphatic heterocycles. The van der Waals surface area contributed by atoms with Gasteiger partial charge in [-0.15, -0.1) is 0 Å². The van der Waals surface area contributed by atoms with Crippen LogP contribution in [0.4, 0.5) is 0 Å². The van der Waals surface area contributed by atoms with E-state index in [9.17, 15) is 29.1 Å². The fourth-order valence-corrected chi connectivity index (χ4v) is 2.40. The third kappa shape index (κ3) is 8.74. The molecule has 12 nitrogen and oxygen atoms in total. The summed E-state index contributed by atoms with van der Waals surface area (Å²) in [7, 11) is 0. The number of carbonyl (C=O) groups is 5. The number of carboxylic acids is 2. The van der Waals surface area contributed by atoms with E-state index in [1.54, 1.807) is 20.8 Å². The minimum Gasteiger partial charge on any atom is -0.481 e. The number of aliphatic carboxylic acids is 2.